The molecule has 0 unspecified atom stereocenters. The van der Waals surface area contributed by atoms with E-state index in [1.165, 1.54) is 12.8 Å². The third-order valence-electron chi connectivity index (χ3n) is 3.92. The average molecular weight is 260 g/mol. The van der Waals surface area contributed by atoms with Crippen LogP contribution < -0.4 is 10.1 Å². The van der Waals surface area contributed by atoms with Crippen molar-refractivity contribution in [2.24, 2.45) is 0 Å². The van der Waals surface area contributed by atoms with Crippen molar-refractivity contribution >= 4 is 0 Å². The summed E-state index contributed by atoms with van der Waals surface area (Å²) in [6.45, 7) is 0.841. The summed E-state index contributed by atoms with van der Waals surface area (Å²) >= 11 is 0. The van der Waals surface area contributed by atoms with E-state index in [1.54, 1.807) is 7.11 Å². The van der Waals surface area contributed by atoms with Gasteiger partial charge in [0.2, 0.25) is 0 Å². The maximum absolute atomic E-state index is 9.54. The monoisotopic (exact) mass is 260 g/mol. The van der Waals surface area contributed by atoms with Crippen LogP contribution in [0, 0.1) is 11.3 Å². The molecule has 0 amide bonds. The van der Waals surface area contributed by atoms with Crippen molar-refractivity contribution in [2.45, 2.75) is 37.8 Å². The Morgan fingerprint density at radius 1 is 1.42 bits per heavy atom. The van der Waals surface area contributed by atoms with E-state index >= 15 is 0 Å². The SMILES string of the molecule is COc1ccc(CNC2(CO)CCCC2)cc1C#N. The van der Waals surface area contributed by atoms with Crippen LogP contribution in [0.5, 0.6) is 5.75 Å². The summed E-state index contributed by atoms with van der Waals surface area (Å²) in [5.74, 6) is 0.601. The summed E-state index contributed by atoms with van der Waals surface area (Å²) in [5, 5.41) is 22.1. The van der Waals surface area contributed by atoms with Gasteiger partial charge in [0.05, 0.1) is 19.3 Å². The lowest BCUT2D eigenvalue weighted by Gasteiger charge is -2.28. The quantitative estimate of drug-likeness (QED) is 0.849. The Labute approximate surface area is 114 Å². The molecule has 1 aromatic rings. The van der Waals surface area contributed by atoms with Gasteiger partial charge in [0, 0.05) is 12.1 Å². The van der Waals surface area contributed by atoms with Crippen molar-refractivity contribution in [1.29, 1.82) is 5.26 Å². The second-order valence-corrected chi connectivity index (χ2v) is 5.15. The zero-order valence-corrected chi connectivity index (χ0v) is 11.3. The molecule has 0 spiro atoms. The first-order valence-corrected chi connectivity index (χ1v) is 6.66. The van der Waals surface area contributed by atoms with Gasteiger partial charge in [-0.3, -0.25) is 0 Å². The molecule has 0 heterocycles. The van der Waals surface area contributed by atoms with Gasteiger partial charge in [0.1, 0.15) is 11.8 Å². The molecule has 1 aliphatic carbocycles. The molecule has 4 nitrogen and oxygen atoms in total. The first-order chi connectivity index (χ1) is 9.23. The average Bonchev–Trinajstić information content (AvgIpc) is 2.94. The lowest BCUT2D eigenvalue weighted by molar-refractivity contribution is 0.163. The van der Waals surface area contributed by atoms with Crippen molar-refractivity contribution in [2.75, 3.05) is 13.7 Å². The van der Waals surface area contributed by atoms with Crippen LogP contribution in [0.1, 0.15) is 36.8 Å². The maximum atomic E-state index is 9.54. The van der Waals surface area contributed by atoms with Crippen LogP contribution in [-0.4, -0.2) is 24.4 Å². The number of methoxy groups -OCH3 is 1. The molecule has 0 aromatic heterocycles. The molecule has 1 aliphatic rings. The number of hydrogen-bond acceptors (Lipinski definition) is 4. The summed E-state index contributed by atoms with van der Waals surface area (Å²) in [6, 6.07) is 7.74. The fraction of sp³-hybridized carbons (Fsp3) is 0.533. The lowest BCUT2D eigenvalue weighted by atomic mass is 9.98. The minimum atomic E-state index is -0.132. The minimum Gasteiger partial charge on any atom is -0.495 e. The number of nitriles is 1. The minimum absolute atomic E-state index is 0.132. The second kappa shape index (κ2) is 6.05. The van der Waals surface area contributed by atoms with Crippen molar-refractivity contribution < 1.29 is 9.84 Å². The van der Waals surface area contributed by atoms with E-state index in [0.29, 0.717) is 17.9 Å². The predicted molar refractivity (Wildman–Crippen MR) is 72.8 cm³/mol. The Morgan fingerprint density at radius 3 is 2.74 bits per heavy atom. The molecule has 1 aromatic carbocycles. The van der Waals surface area contributed by atoms with Gasteiger partial charge in [0.15, 0.2) is 0 Å². The summed E-state index contributed by atoms with van der Waals surface area (Å²) < 4.78 is 5.13. The number of rotatable bonds is 5. The zero-order valence-electron chi connectivity index (χ0n) is 11.3. The number of ether oxygens (including phenoxy) is 1. The molecular weight excluding hydrogens is 240 g/mol. The summed E-state index contributed by atoms with van der Waals surface area (Å²) in [4.78, 5) is 0. The largest absolute Gasteiger partial charge is 0.495 e. The zero-order chi connectivity index (χ0) is 13.7. The Balaban J connectivity index is 2.05. The molecule has 0 radical (unpaired) electrons. The van der Waals surface area contributed by atoms with Crippen LogP contribution in [-0.2, 0) is 6.54 Å². The highest BCUT2D eigenvalue weighted by atomic mass is 16.5. The van der Waals surface area contributed by atoms with Gasteiger partial charge in [-0.2, -0.15) is 5.26 Å². The van der Waals surface area contributed by atoms with Crippen LogP contribution >= 0.6 is 0 Å². The lowest BCUT2D eigenvalue weighted by Crippen LogP contribution is -2.45. The van der Waals surface area contributed by atoms with Gasteiger partial charge in [0.25, 0.3) is 0 Å². The molecule has 102 valence electrons. The normalized spacial score (nSPS) is 17.1. The van der Waals surface area contributed by atoms with Gasteiger partial charge in [-0.25, -0.2) is 0 Å². The second-order valence-electron chi connectivity index (χ2n) is 5.15. The number of aliphatic hydroxyl groups excluding tert-OH is 1. The molecule has 2 rings (SSSR count). The van der Waals surface area contributed by atoms with Gasteiger partial charge in [-0.1, -0.05) is 18.9 Å². The summed E-state index contributed by atoms with van der Waals surface area (Å²) in [5.41, 5.74) is 1.45. The molecule has 4 heteroatoms. The molecule has 0 atom stereocenters. The van der Waals surface area contributed by atoms with E-state index in [4.69, 9.17) is 10.00 Å². The van der Waals surface area contributed by atoms with E-state index in [2.05, 4.69) is 11.4 Å². The third kappa shape index (κ3) is 3.06. The summed E-state index contributed by atoms with van der Waals surface area (Å²) in [7, 11) is 1.56. The molecule has 19 heavy (non-hydrogen) atoms. The van der Waals surface area contributed by atoms with E-state index in [9.17, 15) is 5.11 Å². The highest BCUT2D eigenvalue weighted by Crippen LogP contribution is 2.29. The van der Waals surface area contributed by atoms with Crippen LogP contribution in [0.2, 0.25) is 0 Å². The summed E-state index contributed by atoms with van der Waals surface area (Å²) in [6.07, 6.45) is 4.37. The molecule has 1 saturated carbocycles. The van der Waals surface area contributed by atoms with Gasteiger partial charge in [-0.15, -0.1) is 0 Å². The highest BCUT2D eigenvalue weighted by Gasteiger charge is 2.32. The van der Waals surface area contributed by atoms with Crippen LogP contribution in [0.25, 0.3) is 0 Å². The van der Waals surface area contributed by atoms with Crippen LogP contribution in [0.15, 0.2) is 18.2 Å². The van der Waals surface area contributed by atoms with Crippen LogP contribution in [0.3, 0.4) is 0 Å². The Kier molecular flexibility index (Phi) is 4.41. The Bertz CT molecular complexity index is 474. The fourth-order valence-electron chi connectivity index (χ4n) is 2.68. The highest BCUT2D eigenvalue weighted by molar-refractivity contribution is 5.45. The number of benzene rings is 1. The molecule has 0 aliphatic heterocycles. The number of nitrogens with one attached hydrogen (secondary N) is 1. The van der Waals surface area contributed by atoms with Gasteiger partial charge in [-0.05, 0) is 30.5 Å². The van der Waals surface area contributed by atoms with Crippen molar-refractivity contribution in [3.63, 3.8) is 0 Å². The predicted octanol–water partition coefficient (Wildman–Crippen LogP) is 1.96. The maximum Gasteiger partial charge on any atom is 0.136 e. The molecular formula is C15H20N2O2. The number of aliphatic hydroxyl groups is 1. The molecule has 0 saturated heterocycles. The van der Waals surface area contributed by atoms with Crippen molar-refractivity contribution in [3.8, 4) is 11.8 Å². The number of nitrogens with zero attached hydrogens (tertiary/aromatic N) is 1. The van der Waals surface area contributed by atoms with Gasteiger partial charge < -0.3 is 15.2 Å². The fourth-order valence-corrected chi connectivity index (χ4v) is 2.68. The Morgan fingerprint density at radius 2 is 2.16 bits per heavy atom. The van der Waals surface area contributed by atoms with Gasteiger partial charge >= 0.3 is 0 Å². The van der Waals surface area contributed by atoms with E-state index in [0.717, 1.165) is 18.4 Å². The van der Waals surface area contributed by atoms with Crippen molar-refractivity contribution in [1.82, 2.24) is 5.32 Å². The smallest absolute Gasteiger partial charge is 0.136 e. The van der Waals surface area contributed by atoms with E-state index in [-0.39, 0.29) is 12.1 Å². The molecule has 2 N–H and O–H groups in total. The Hall–Kier alpha value is -1.57. The topological polar surface area (TPSA) is 65.3 Å². The number of hydrogen-bond donors (Lipinski definition) is 2. The first kappa shape index (κ1) is 13.9. The van der Waals surface area contributed by atoms with E-state index < -0.39 is 0 Å². The van der Waals surface area contributed by atoms with E-state index in [1.807, 2.05) is 18.2 Å². The standard InChI is InChI=1S/C15H20N2O2/c1-19-14-5-4-12(8-13(14)9-16)10-17-15(11-18)6-2-3-7-15/h4-5,8,17-18H,2-3,6-7,10-11H2,1H3. The molecule has 1 fully saturated rings. The first-order valence-electron chi connectivity index (χ1n) is 6.66. The van der Waals surface area contributed by atoms with Crippen molar-refractivity contribution in [3.05, 3.63) is 29.3 Å². The third-order valence-corrected chi connectivity index (χ3v) is 3.92. The van der Waals surface area contributed by atoms with Crippen LogP contribution in [0.4, 0.5) is 0 Å². The molecule has 0 bridgehead atoms.